The third-order valence-corrected chi connectivity index (χ3v) is 4.44. The molecule has 0 bridgehead atoms. The average molecular weight is 274 g/mol. The topological polar surface area (TPSA) is 24.9 Å². The van der Waals surface area contributed by atoms with Gasteiger partial charge in [0.2, 0.25) is 0 Å². The molecule has 0 spiro atoms. The Morgan fingerprint density at radius 3 is 2.37 bits per heavy atom. The summed E-state index contributed by atoms with van der Waals surface area (Å²) in [5.41, 5.74) is 2.77. The van der Waals surface area contributed by atoms with Gasteiger partial charge in [0.05, 0.1) is 5.01 Å². The van der Waals surface area contributed by atoms with E-state index in [1.165, 1.54) is 16.0 Å². The fourth-order valence-corrected chi connectivity index (χ4v) is 3.05. The average Bonchev–Trinajstić information content (AvgIpc) is 2.83. The number of aryl methyl sites for hydroxylation is 1. The number of hydrogen-bond acceptors (Lipinski definition) is 3. The van der Waals surface area contributed by atoms with Crippen LogP contribution in [-0.2, 0) is 6.42 Å². The number of thiazole rings is 1. The van der Waals surface area contributed by atoms with Gasteiger partial charge in [0.1, 0.15) is 0 Å². The van der Waals surface area contributed by atoms with E-state index in [-0.39, 0.29) is 0 Å². The molecular formula is C16H22N2S. The van der Waals surface area contributed by atoms with E-state index >= 15 is 0 Å². The van der Waals surface area contributed by atoms with Crippen molar-refractivity contribution in [2.75, 3.05) is 7.05 Å². The van der Waals surface area contributed by atoms with Crippen LogP contribution in [0.3, 0.4) is 0 Å². The molecule has 19 heavy (non-hydrogen) atoms. The highest BCUT2D eigenvalue weighted by atomic mass is 32.1. The number of benzene rings is 1. The Labute approximate surface area is 119 Å². The summed E-state index contributed by atoms with van der Waals surface area (Å²) in [6, 6.07) is 9.33. The number of likely N-dealkylation sites (N-methyl/N-ethyl adjacent to an activating group) is 1. The molecule has 0 aliphatic heterocycles. The lowest BCUT2D eigenvalue weighted by molar-refractivity contribution is 0.601. The Morgan fingerprint density at radius 1 is 1.21 bits per heavy atom. The zero-order valence-corrected chi connectivity index (χ0v) is 12.9. The number of rotatable bonds is 5. The largest absolute Gasteiger partial charge is 0.312 e. The van der Waals surface area contributed by atoms with E-state index in [0.717, 1.165) is 11.4 Å². The minimum atomic E-state index is 0.358. The lowest BCUT2D eigenvalue weighted by Crippen LogP contribution is -2.17. The van der Waals surface area contributed by atoms with Crippen molar-refractivity contribution >= 4 is 11.3 Å². The SMILES string of the molecule is CNC(Cc1ccc(C(C)C)cc1)c1cnc(C)s1. The maximum atomic E-state index is 4.34. The Morgan fingerprint density at radius 2 is 1.89 bits per heavy atom. The van der Waals surface area contributed by atoms with Gasteiger partial charge in [-0.05, 0) is 37.4 Å². The standard InChI is InChI=1S/C16H22N2S/c1-11(2)14-7-5-13(6-8-14)9-15(17-4)16-10-18-12(3)19-16/h5-8,10-11,15,17H,9H2,1-4H3. The summed E-state index contributed by atoms with van der Waals surface area (Å²) in [5.74, 6) is 0.596. The number of aromatic nitrogens is 1. The molecule has 0 radical (unpaired) electrons. The second kappa shape index (κ2) is 6.31. The van der Waals surface area contributed by atoms with E-state index in [2.05, 4.69) is 55.3 Å². The molecule has 0 amide bonds. The molecule has 1 N–H and O–H groups in total. The highest BCUT2D eigenvalue weighted by Crippen LogP contribution is 2.24. The van der Waals surface area contributed by atoms with Crippen LogP contribution < -0.4 is 5.32 Å². The molecule has 102 valence electrons. The van der Waals surface area contributed by atoms with Crippen LogP contribution in [0.25, 0.3) is 0 Å². The predicted octanol–water partition coefficient (Wildman–Crippen LogP) is 4.08. The Balaban J connectivity index is 2.10. The van der Waals surface area contributed by atoms with E-state index in [1.807, 2.05) is 13.2 Å². The van der Waals surface area contributed by atoms with Crippen molar-refractivity contribution in [3.63, 3.8) is 0 Å². The van der Waals surface area contributed by atoms with E-state index < -0.39 is 0 Å². The molecule has 0 aliphatic rings. The molecule has 0 fully saturated rings. The minimum absolute atomic E-state index is 0.358. The van der Waals surface area contributed by atoms with Gasteiger partial charge in [-0.1, -0.05) is 38.1 Å². The Kier molecular flexibility index (Phi) is 4.72. The summed E-state index contributed by atoms with van der Waals surface area (Å²) < 4.78 is 0. The van der Waals surface area contributed by atoms with Crippen molar-refractivity contribution in [3.8, 4) is 0 Å². The summed E-state index contributed by atoms with van der Waals surface area (Å²) in [4.78, 5) is 5.66. The molecule has 0 saturated heterocycles. The third kappa shape index (κ3) is 3.64. The van der Waals surface area contributed by atoms with Crippen LogP contribution in [0.5, 0.6) is 0 Å². The van der Waals surface area contributed by atoms with Crippen LogP contribution in [0.15, 0.2) is 30.5 Å². The fraction of sp³-hybridized carbons (Fsp3) is 0.438. The molecule has 0 aliphatic carbocycles. The molecule has 0 saturated carbocycles. The van der Waals surface area contributed by atoms with Gasteiger partial charge < -0.3 is 5.32 Å². The van der Waals surface area contributed by atoms with E-state index in [1.54, 1.807) is 11.3 Å². The first-order chi connectivity index (χ1) is 9.10. The lowest BCUT2D eigenvalue weighted by atomic mass is 9.99. The first-order valence-electron chi connectivity index (χ1n) is 6.78. The fourth-order valence-electron chi connectivity index (χ4n) is 2.16. The van der Waals surface area contributed by atoms with Crippen LogP contribution in [-0.4, -0.2) is 12.0 Å². The maximum absolute atomic E-state index is 4.34. The Bertz CT molecular complexity index is 514. The highest BCUT2D eigenvalue weighted by molar-refractivity contribution is 7.11. The molecule has 1 atom stereocenters. The normalized spacial score (nSPS) is 12.9. The second-order valence-corrected chi connectivity index (χ2v) is 6.49. The van der Waals surface area contributed by atoms with Crippen LogP contribution >= 0.6 is 11.3 Å². The van der Waals surface area contributed by atoms with Crippen LogP contribution in [0.4, 0.5) is 0 Å². The van der Waals surface area contributed by atoms with Crippen LogP contribution in [0.2, 0.25) is 0 Å². The number of nitrogens with one attached hydrogen (secondary N) is 1. The van der Waals surface area contributed by atoms with Crippen molar-refractivity contribution in [2.45, 2.75) is 39.2 Å². The molecule has 3 heteroatoms. The van der Waals surface area contributed by atoms with E-state index in [0.29, 0.717) is 12.0 Å². The molecule has 2 nitrogen and oxygen atoms in total. The molecule has 1 heterocycles. The van der Waals surface area contributed by atoms with Crippen molar-refractivity contribution < 1.29 is 0 Å². The van der Waals surface area contributed by atoms with Crippen molar-refractivity contribution in [3.05, 3.63) is 51.5 Å². The quantitative estimate of drug-likeness (QED) is 0.888. The summed E-state index contributed by atoms with van der Waals surface area (Å²) in [6.45, 7) is 6.51. The van der Waals surface area contributed by atoms with Gasteiger partial charge in [-0.2, -0.15) is 0 Å². The molecule has 2 rings (SSSR count). The van der Waals surface area contributed by atoms with Gasteiger partial charge in [0.25, 0.3) is 0 Å². The summed E-state index contributed by atoms with van der Waals surface area (Å²) in [7, 11) is 2.02. The summed E-state index contributed by atoms with van der Waals surface area (Å²) in [6.07, 6.45) is 3.00. The first kappa shape index (κ1) is 14.2. The van der Waals surface area contributed by atoms with Crippen molar-refractivity contribution in [1.82, 2.24) is 10.3 Å². The molecular weight excluding hydrogens is 252 g/mol. The number of nitrogens with zero attached hydrogens (tertiary/aromatic N) is 1. The van der Waals surface area contributed by atoms with Gasteiger partial charge in [-0.3, -0.25) is 0 Å². The third-order valence-electron chi connectivity index (χ3n) is 3.42. The van der Waals surface area contributed by atoms with Crippen LogP contribution in [0, 0.1) is 6.92 Å². The Hall–Kier alpha value is -1.19. The van der Waals surface area contributed by atoms with Gasteiger partial charge in [-0.15, -0.1) is 11.3 Å². The van der Waals surface area contributed by atoms with Crippen LogP contribution in [0.1, 0.15) is 46.8 Å². The summed E-state index contributed by atoms with van der Waals surface area (Å²) in [5, 5.41) is 4.52. The second-order valence-electron chi connectivity index (χ2n) is 5.22. The monoisotopic (exact) mass is 274 g/mol. The summed E-state index contributed by atoms with van der Waals surface area (Å²) >= 11 is 1.77. The minimum Gasteiger partial charge on any atom is -0.312 e. The zero-order valence-electron chi connectivity index (χ0n) is 12.1. The van der Waals surface area contributed by atoms with E-state index in [9.17, 15) is 0 Å². The van der Waals surface area contributed by atoms with Gasteiger partial charge in [0, 0.05) is 17.1 Å². The molecule has 1 aromatic carbocycles. The van der Waals surface area contributed by atoms with Crippen molar-refractivity contribution in [2.24, 2.45) is 0 Å². The smallest absolute Gasteiger partial charge is 0.0897 e. The van der Waals surface area contributed by atoms with Gasteiger partial charge >= 0.3 is 0 Å². The van der Waals surface area contributed by atoms with Crippen molar-refractivity contribution in [1.29, 1.82) is 0 Å². The van der Waals surface area contributed by atoms with Gasteiger partial charge in [-0.25, -0.2) is 4.98 Å². The van der Waals surface area contributed by atoms with Gasteiger partial charge in [0.15, 0.2) is 0 Å². The predicted molar refractivity (Wildman–Crippen MR) is 82.9 cm³/mol. The zero-order chi connectivity index (χ0) is 13.8. The molecule has 1 unspecified atom stereocenters. The molecule has 1 aromatic heterocycles. The number of hydrogen-bond donors (Lipinski definition) is 1. The van der Waals surface area contributed by atoms with E-state index in [4.69, 9.17) is 0 Å². The first-order valence-corrected chi connectivity index (χ1v) is 7.60. The lowest BCUT2D eigenvalue weighted by Gasteiger charge is -2.15. The molecule has 2 aromatic rings. The highest BCUT2D eigenvalue weighted by Gasteiger charge is 2.13. The maximum Gasteiger partial charge on any atom is 0.0897 e.